The van der Waals surface area contributed by atoms with E-state index in [1.165, 1.54) is 12.8 Å². The van der Waals surface area contributed by atoms with Gasteiger partial charge in [-0.2, -0.15) is 0 Å². The van der Waals surface area contributed by atoms with E-state index in [0.29, 0.717) is 17.9 Å². The lowest BCUT2D eigenvalue weighted by atomic mass is 10.0. The molecular formula is C12H24N2O. The second-order valence-corrected chi connectivity index (χ2v) is 5.26. The quantitative estimate of drug-likeness (QED) is 0.752. The second kappa shape index (κ2) is 4.97. The van der Waals surface area contributed by atoms with Crippen molar-refractivity contribution in [3.63, 3.8) is 0 Å². The molecule has 0 aromatic rings. The first kappa shape index (κ1) is 12.5. The largest absolute Gasteiger partial charge is 0.341 e. The Labute approximate surface area is 93.0 Å². The van der Waals surface area contributed by atoms with Gasteiger partial charge in [-0.3, -0.25) is 4.79 Å². The molecule has 1 fully saturated rings. The third-order valence-corrected chi connectivity index (χ3v) is 3.31. The third-order valence-electron chi connectivity index (χ3n) is 3.31. The normalized spacial score (nSPS) is 20.1. The molecule has 3 nitrogen and oxygen atoms in total. The first-order chi connectivity index (χ1) is 6.93. The van der Waals surface area contributed by atoms with Gasteiger partial charge in [0.05, 0.1) is 6.04 Å². The van der Waals surface area contributed by atoms with Crippen LogP contribution in [-0.4, -0.2) is 29.9 Å². The van der Waals surface area contributed by atoms with Gasteiger partial charge < -0.3 is 10.6 Å². The molecule has 0 saturated heterocycles. The van der Waals surface area contributed by atoms with Crippen molar-refractivity contribution in [2.24, 2.45) is 17.6 Å². The topological polar surface area (TPSA) is 46.3 Å². The zero-order valence-corrected chi connectivity index (χ0v) is 10.4. The highest BCUT2D eigenvalue weighted by molar-refractivity contribution is 5.81. The van der Waals surface area contributed by atoms with Crippen molar-refractivity contribution in [2.45, 2.75) is 52.1 Å². The predicted molar refractivity (Wildman–Crippen MR) is 62.4 cm³/mol. The van der Waals surface area contributed by atoms with E-state index < -0.39 is 0 Å². The van der Waals surface area contributed by atoms with Gasteiger partial charge in [-0.1, -0.05) is 13.8 Å². The maximum absolute atomic E-state index is 12.0. The first-order valence-electron chi connectivity index (χ1n) is 5.95. The Morgan fingerprint density at radius 2 is 1.93 bits per heavy atom. The maximum Gasteiger partial charge on any atom is 0.239 e. The van der Waals surface area contributed by atoms with E-state index in [1.807, 2.05) is 11.9 Å². The Bertz CT molecular complexity index is 224. The number of hydrogen-bond acceptors (Lipinski definition) is 2. The number of carbonyl (C=O) groups is 1. The molecule has 1 aliphatic carbocycles. The Morgan fingerprint density at radius 1 is 1.40 bits per heavy atom. The zero-order valence-electron chi connectivity index (χ0n) is 10.4. The molecule has 3 heteroatoms. The number of carbonyl (C=O) groups excluding carboxylic acids is 1. The van der Waals surface area contributed by atoms with Gasteiger partial charge in [-0.25, -0.2) is 0 Å². The van der Waals surface area contributed by atoms with E-state index in [1.54, 1.807) is 0 Å². The van der Waals surface area contributed by atoms with Crippen molar-refractivity contribution in [3.8, 4) is 0 Å². The first-order valence-corrected chi connectivity index (χ1v) is 5.95. The van der Waals surface area contributed by atoms with Crippen LogP contribution in [0.5, 0.6) is 0 Å². The highest BCUT2D eigenvalue weighted by Gasteiger charge is 2.33. The minimum absolute atomic E-state index is 0.100. The SMILES string of the molecule is CC(C)CC(N)C(=O)N(C)C(C)C1CC1. The van der Waals surface area contributed by atoms with Crippen LogP contribution in [0.1, 0.15) is 40.0 Å². The summed E-state index contributed by atoms with van der Waals surface area (Å²) in [5.41, 5.74) is 5.89. The van der Waals surface area contributed by atoms with Crippen molar-refractivity contribution in [3.05, 3.63) is 0 Å². The van der Waals surface area contributed by atoms with Gasteiger partial charge in [0.1, 0.15) is 0 Å². The van der Waals surface area contributed by atoms with Crippen LogP contribution in [0.3, 0.4) is 0 Å². The summed E-state index contributed by atoms with van der Waals surface area (Å²) in [6.45, 7) is 6.31. The Kier molecular flexibility index (Phi) is 4.14. The Balaban J connectivity index is 2.43. The molecule has 2 atom stereocenters. The van der Waals surface area contributed by atoms with Crippen LogP contribution >= 0.6 is 0 Å². The Hall–Kier alpha value is -0.570. The van der Waals surface area contributed by atoms with E-state index in [2.05, 4.69) is 20.8 Å². The van der Waals surface area contributed by atoms with Gasteiger partial charge in [0.15, 0.2) is 0 Å². The van der Waals surface area contributed by atoms with Crippen molar-refractivity contribution in [1.82, 2.24) is 4.90 Å². The van der Waals surface area contributed by atoms with Crippen molar-refractivity contribution >= 4 is 5.91 Å². The van der Waals surface area contributed by atoms with Crippen LogP contribution < -0.4 is 5.73 Å². The summed E-state index contributed by atoms with van der Waals surface area (Å²) < 4.78 is 0. The monoisotopic (exact) mass is 212 g/mol. The van der Waals surface area contributed by atoms with Crippen LogP contribution in [0, 0.1) is 11.8 Å². The molecule has 0 aromatic carbocycles. The molecule has 0 aromatic heterocycles. The van der Waals surface area contributed by atoms with Crippen LogP contribution in [0.15, 0.2) is 0 Å². The average Bonchev–Trinajstić information content (AvgIpc) is 2.96. The van der Waals surface area contributed by atoms with Crippen LogP contribution in [0.25, 0.3) is 0 Å². The molecule has 0 bridgehead atoms. The van der Waals surface area contributed by atoms with E-state index in [-0.39, 0.29) is 11.9 Å². The lowest BCUT2D eigenvalue weighted by Crippen LogP contribution is -2.46. The highest BCUT2D eigenvalue weighted by atomic mass is 16.2. The summed E-state index contributed by atoms with van der Waals surface area (Å²) in [4.78, 5) is 13.8. The molecule has 1 aliphatic rings. The molecular weight excluding hydrogens is 188 g/mol. The van der Waals surface area contributed by atoms with Gasteiger partial charge >= 0.3 is 0 Å². The van der Waals surface area contributed by atoms with Gasteiger partial charge in [-0.15, -0.1) is 0 Å². The molecule has 1 rings (SSSR count). The summed E-state index contributed by atoms with van der Waals surface area (Å²) in [5, 5.41) is 0. The molecule has 0 radical (unpaired) electrons. The fourth-order valence-electron chi connectivity index (χ4n) is 1.97. The highest BCUT2D eigenvalue weighted by Crippen LogP contribution is 2.34. The fourth-order valence-corrected chi connectivity index (χ4v) is 1.97. The minimum atomic E-state index is -0.323. The summed E-state index contributed by atoms with van der Waals surface area (Å²) in [6, 6.07) is 0.0342. The lowest BCUT2D eigenvalue weighted by Gasteiger charge is -2.28. The predicted octanol–water partition coefficient (Wildman–Crippen LogP) is 1.62. The minimum Gasteiger partial charge on any atom is -0.341 e. The summed E-state index contributed by atoms with van der Waals surface area (Å²) in [5.74, 6) is 1.29. The molecule has 2 N–H and O–H groups in total. The molecule has 15 heavy (non-hydrogen) atoms. The molecule has 88 valence electrons. The second-order valence-electron chi connectivity index (χ2n) is 5.26. The van der Waals surface area contributed by atoms with Crippen LogP contribution in [0.2, 0.25) is 0 Å². The molecule has 0 spiro atoms. The lowest BCUT2D eigenvalue weighted by molar-refractivity contribution is -0.133. The number of nitrogens with two attached hydrogens (primary N) is 1. The van der Waals surface area contributed by atoms with Crippen LogP contribution in [0.4, 0.5) is 0 Å². The molecule has 2 unspecified atom stereocenters. The molecule has 0 heterocycles. The molecule has 0 aliphatic heterocycles. The van der Waals surface area contributed by atoms with Gasteiger partial charge in [0, 0.05) is 13.1 Å². The smallest absolute Gasteiger partial charge is 0.239 e. The average molecular weight is 212 g/mol. The standard InChI is InChI=1S/C12H24N2O/c1-8(2)7-11(13)12(15)14(4)9(3)10-5-6-10/h8-11H,5-7,13H2,1-4H3. The van der Waals surface area contributed by atoms with Gasteiger partial charge in [0.2, 0.25) is 5.91 Å². The van der Waals surface area contributed by atoms with Crippen molar-refractivity contribution in [2.75, 3.05) is 7.05 Å². The van der Waals surface area contributed by atoms with Crippen LogP contribution in [-0.2, 0) is 4.79 Å². The zero-order chi connectivity index (χ0) is 11.6. The van der Waals surface area contributed by atoms with E-state index >= 15 is 0 Å². The van der Waals surface area contributed by atoms with E-state index in [4.69, 9.17) is 5.73 Å². The summed E-state index contributed by atoms with van der Waals surface area (Å²) in [7, 11) is 1.88. The molecule has 1 amide bonds. The number of amides is 1. The van der Waals surface area contributed by atoms with Gasteiger partial charge in [0.25, 0.3) is 0 Å². The van der Waals surface area contributed by atoms with Crippen molar-refractivity contribution < 1.29 is 4.79 Å². The third kappa shape index (κ3) is 3.49. The number of nitrogens with zero attached hydrogens (tertiary/aromatic N) is 1. The Morgan fingerprint density at radius 3 is 2.33 bits per heavy atom. The number of likely N-dealkylation sites (N-methyl/N-ethyl adjacent to an activating group) is 1. The number of hydrogen-bond donors (Lipinski definition) is 1. The van der Waals surface area contributed by atoms with E-state index in [9.17, 15) is 4.79 Å². The van der Waals surface area contributed by atoms with Crippen molar-refractivity contribution in [1.29, 1.82) is 0 Å². The number of rotatable bonds is 5. The van der Waals surface area contributed by atoms with E-state index in [0.717, 1.165) is 6.42 Å². The fraction of sp³-hybridized carbons (Fsp3) is 0.917. The summed E-state index contributed by atoms with van der Waals surface area (Å²) >= 11 is 0. The van der Waals surface area contributed by atoms with Gasteiger partial charge in [-0.05, 0) is 38.0 Å². The molecule has 1 saturated carbocycles. The maximum atomic E-state index is 12.0. The summed E-state index contributed by atoms with van der Waals surface area (Å²) in [6.07, 6.45) is 3.30.